The standard InChI is InChI=1S/C46H54N12O11/c1-24(2)36(55-33(59)9-5-4-6-21-58-34(60)18-19-35(58)61)43(65)51-25(3)40(62)53-28-16-17-30(31(22-28)44(66)67)42(64)49-20-7-8-32(45(68)69)54-41(63)27-13-10-26(11-14-27)12-15-29-23-50-39-37(52-29)38(47)56-46(48)57-39/h10-11,13-14,16-19,22-25,32,36H,4-9,12,15,20-21H2,1-3H3,(H,49,64)(H,51,65)(H,53,62)(H,54,63)(H,55,59)(H,66,67)(H,68,69)(H4,47,48,50,56,57)/t25-,32-,36-/m0/s1. The summed E-state index contributed by atoms with van der Waals surface area (Å²) in [5, 5.41) is 32.5. The summed E-state index contributed by atoms with van der Waals surface area (Å²) in [5.41, 5.74) is 13.2. The zero-order chi connectivity index (χ0) is 50.4. The first kappa shape index (κ1) is 51.6. The van der Waals surface area contributed by atoms with Crippen molar-refractivity contribution < 1.29 is 53.4 Å². The highest BCUT2D eigenvalue weighted by atomic mass is 16.4. The number of amides is 7. The van der Waals surface area contributed by atoms with Gasteiger partial charge in [-0.05, 0) is 87.3 Å². The van der Waals surface area contributed by atoms with E-state index in [9.17, 15) is 53.4 Å². The number of nitrogens with zero attached hydrogens (tertiary/aromatic N) is 5. The number of carbonyl (C=O) groups is 9. The number of hydrogen-bond acceptors (Lipinski definition) is 15. The van der Waals surface area contributed by atoms with E-state index in [0.717, 1.165) is 16.5 Å². The molecule has 2 aromatic carbocycles. The third-order valence-corrected chi connectivity index (χ3v) is 10.9. The number of nitrogens with two attached hydrogens (primary N) is 2. The van der Waals surface area contributed by atoms with Gasteiger partial charge in [0.1, 0.15) is 18.1 Å². The minimum atomic E-state index is -1.48. The lowest BCUT2D eigenvalue weighted by molar-refractivity contribution is -0.139. The molecule has 1 aliphatic heterocycles. The SMILES string of the molecule is CC(C)[C@H](NC(=O)CCCCCN1C(=O)C=CC1=O)C(=O)N[C@@H](C)C(=O)Nc1ccc(C(=O)NCCC[C@H](NC(=O)c2ccc(CCc3cnc4nc(N)nc(N)c4n3)cc2)C(=O)O)c(C(=O)O)c1. The van der Waals surface area contributed by atoms with Crippen LogP contribution in [0.5, 0.6) is 0 Å². The van der Waals surface area contributed by atoms with Crippen LogP contribution >= 0.6 is 0 Å². The molecule has 3 heterocycles. The average Bonchev–Trinajstić information content (AvgIpc) is 3.63. The fourth-order valence-corrected chi connectivity index (χ4v) is 7.08. The average molecular weight is 951 g/mol. The molecule has 0 unspecified atom stereocenters. The molecule has 11 N–H and O–H groups in total. The normalized spacial score (nSPS) is 13.4. The highest BCUT2D eigenvalue weighted by molar-refractivity contribution is 6.13. The highest BCUT2D eigenvalue weighted by Gasteiger charge is 2.28. The van der Waals surface area contributed by atoms with Crippen LogP contribution in [0.25, 0.3) is 11.2 Å². The largest absolute Gasteiger partial charge is 0.480 e. The van der Waals surface area contributed by atoms with Gasteiger partial charge >= 0.3 is 11.9 Å². The van der Waals surface area contributed by atoms with Crippen molar-refractivity contribution in [1.82, 2.24) is 46.1 Å². The van der Waals surface area contributed by atoms with E-state index in [1.807, 2.05) is 0 Å². The summed E-state index contributed by atoms with van der Waals surface area (Å²) in [6.07, 6.45) is 6.64. The number of nitrogen functional groups attached to an aromatic ring is 2. The molecule has 2 aromatic heterocycles. The van der Waals surface area contributed by atoms with Crippen LogP contribution < -0.4 is 38.1 Å². The molecular formula is C46H54N12O11. The van der Waals surface area contributed by atoms with Crippen molar-refractivity contribution in [3.63, 3.8) is 0 Å². The van der Waals surface area contributed by atoms with Gasteiger partial charge in [-0.25, -0.2) is 19.6 Å². The predicted molar refractivity (Wildman–Crippen MR) is 249 cm³/mol. The number of aromatic nitrogens is 4. The van der Waals surface area contributed by atoms with Gasteiger partial charge < -0.3 is 48.3 Å². The van der Waals surface area contributed by atoms with Crippen molar-refractivity contribution in [1.29, 1.82) is 0 Å². The third-order valence-electron chi connectivity index (χ3n) is 10.9. The van der Waals surface area contributed by atoms with Gasteiger partial charge in [-0.1, -0.05) is 32.4 Å². The molecule has 4 aromatic rings. The first-order valence-corrected chi connectivity index (χ1v) is 22.1. The van der Waals surface area contributed by atoms with Gasteiger partial charge in [0, 0.05) is 42.9 Å². The first-order valence-electron chi connectivity index (χ1n) is 22.1. The summed E-state index contributed by atoms with van der Waals surface area (Å²) in [5.74, 6) is -6.92. The van der Waals surface area contributed by atoms with E-state index in [4.69, 9.17) is 11.5 Å². The molecule has 23 heteroatoms. The number of fused-ring (bicyclic) bond motifs is 1. The number of nitrogens with one attached hydrogen (secondary N) is 5. The molecule has 0 spiro atoms. The number of hydrogen-bond donors (Lipinski definition) is 9. The van der Waals surface area contributed by atoms with Crippen LogP contribution in [-0.4, -0.2) is 120 Å². The fourth-order valence-electron chi connectivity index (χ4n) is 7.08. The Kier molecular flexibility index (Phi) is 17.9. The highest BCUT2D eigenvalue weighted by Crippen LogP contribution is 2.19. The predicted octanol–water partition coefficient (Wildman–Crippen LogP) is 1.53. The van der Waals surface area contributed by atoms with Gasteiger partial charge in [-0.2, -0.15) is 9.97 Å². The van der Waals surface area contributed by atoms with E-state index in [1.165, 1.54) is 31.2 Å². The zero-order valence-electron chi connectivity index (χ0n) is 38.1. The van der Waals surface area contributed by atoms with E-state index in [0.29, 0.717) is 43.3 Å². The molecule has 0 radical (unpaired) electrons. The number of carboxylic acid groups (broad SMARTS) is 2. The zero-order valence-corrected chi connectivity index (χ0v) is 38.1. The molecule has 1 aliphatic rings. The van der Waals surface area contributed by atoms with Crippen LogP contribution in [0.1, 0.15) is 102 Å². The van der Waals surface area contributed by atoms with Crippen molar-refractivity contribution in [3.05, 3.63) is 88.8 Å². The maximum absolute atomic E-state index is 13.2. The van der Waals surface area contributed by atoms with Gasteiger partial charge in [0.05, 0.1) is 23.0 Å². The number of unbranched alkanes of at least 4 members (excludes halogenated alkanes) is 2. The fraction of sp³-hybridized carbons (Fsp3) is 0.370. The molecule has 0 fully saturated rings. The molecule has 7 amide bonds. The first-order chi connectivity index (χ1) is 32.8. The molecule has 0 bridgehead atoms. The lowest BCUT2D eigenvalue weighted by atomic mass is 10.0. The number of anilines is 3. The Morgan fingerprint density at radius 2 is 1.46 bits per heavy atom. The maximum atomic E-state index is 13.2. The van der Waals surface area contributed by atoms with Crippen LogP contribution in [0.3, 0.4) is 0 Å². The van der Waals surface area contributed by atoms with E-state index >= 15 is 0 Å². The molecule has 23 nitrogen and oxygen atoms in total. The molecule has 3 atom stereocenters. The second-order valence-electron chi connectivity index (χ2n) is 16.5. The minimum absolute atomic E-state index is 0.00809. The number of carboxylic acids is 2. The minimum Gasteiger partial charge on any atom is -0.480 e. The third kappa shape index (κ3) is 14.6. The van der Waals surface area contributed by atoms with Crippen molar-refractivity contribution in [2.45, 2.75) is 90.3 Å². The lowest BCUT2D eigenvalue weighted by Gasteiger charge is -2.24. The number of benzene rings is 2. The Bertz CT molecular complexity index is 2640. The Morgan fingerprint density at radius 3 is 2.13 bits per heavy atom. The summed E-state index contributed by atoms with van der Waals surface area (Å²) < 4.78 is 0. The number of carbonyl (C=O) groups excluding carboxylic acids is 7. The lowest BCUT2D eigenvalue weighted by Crippen LogP contribution is -2.53. The Morgan fingerprint density at radius 1 is 0.754 bits per heavy atom. The van der Waals surface area contributed by atoms with Crippen molar-refractivity contribution in [2.75, 3.05) is 29.9 Å². The molecule has 69 heavy (non-hydrogen) atoms. The topological polar surface area (TPSA) is 361 Å². The van der Waals surface area contributed by atoms with Gasteiger partial charge in [0.15, 0.2) is 17.0 Å². The molecule has 0 aliphatic carbocycles. The summed E-state index contributed by atoms with van der Waals surface area (Å²) >= 11 is 0. The quantitative estimate of drug-likeness (QED) is 0.0355. The van der Waals surface area contributed by atoms with E-state index in [1.54, 1.807) is 44.3 Å². The smallest absolute Gasteiger partial charge is 0.336 e. The van der Waals surface area contributed by atoms with E-state index < -0.39 is 65.2 Å². The summed E-state index contributed by atoms with van der Waals surface area (Å²) in [7, 11) is 0. The summed E-state index contributed by atoms with van der Waals surface area (Å²) in [6, 6.07) is 6.72. The molecule has 5 rings (SSSR count). The van der Waals surface area contributed by atoms with Crippen LogP contribution in [0.4, 0.5) is 17.5 Å². The van der Waals surface area contributed by atoms with Gasteiger partial charge in [-0.15, -0.1) is 0 Å². The van der Waals surface area contributed by atoms with Crippen LogP contribution in [0.15, 0.2) is 60.8 Å². The Hall–Kier alpha value is -8.37. The summed E-state index contributed by atoms with van der Waals surface area (Å²) in [6.45, 7) is 5.00. The monoisotopic (exact) mass is 950 g/mol. The van der Waals surface area contributed by atoms with Crippen molar-refractivity contribution in [3.8, 4) is 0 Å². The molecule has 0 saturated carbocycles. The number of aryl methyl sites for hydroxylation is 2. The van der Waals surface area contributed by atoms with E-state index in [2.05, 4.69) is 46.5 Å². The molecule has 0 saturated heterocycles. The van der Waals surface area contributed by atoms with Crippen LogP contribution in [0.2, 0.25) is 0 Å². The molecular weight excluding hydrogens is 897 g/mol. The summed E-state index contributed by atoms with van der Waals surface area (Å²) in [4.78, 5) is 130. The number of imide groups is 1. The molecule has 364 valence electrons. The maximum Gasteiger partial charge on any atom is 0.336 e. The van der Waals surface area contributed by atoms with Crippen molar-refractivity contribution in [2.24, 2.45) is 5.92 Å². The number of rotatable bonds is 24. The van der Waals surface area contributed by atoms with Crippen LogP contribution in [0, 0.1) is 5.92 Å². The van der Waals surface area contributed by atoms with Gasteiger partial charge in [0.25, 0.3) is 23.6 Å². The van der Waals surface area contributed by atoms with Crippen molar-refractivity contribution >= 4 is 81.9 Å². The second-order valence-corrected chi connectivity index (χ2v) is 16.5. The Labute approximate surface area is 395 Å². The van der Waals surface area contributed by atoms with Gasteiger partial charge in [-0.3, -0.25) is 38.5 Å². The van der Waals surface area contributed by atoms with Gasteiger partial charge in [0.2, 0.25) is 23.7 Å². The van der Waals surface area contributed by atoms with E-state index in [-0.39, 0.29) is 84.3 Å². The van der Waals surface area contributed by atoms with Crippen LogP contribution in [-0.2, 0) is 41.6 Å². The Balaban J connectivity index is 1.04. The number of aliphatic carboxylic acids is 1. The number of aromatic carboxylic acids is 1. The second kappa shape index (κ2) is 23.9.